The van der Waals surface area contributed by atoms with E-state index in [1.165, 1.54) is 12.6 Å². The number of nitrogens with one attached hydrogen (secondary N) is 1. The number of hydrogen-bond acceptors (Lipinski definition) is 3. The molecular weight excluding hydrogens is 375 g/mol. The zero-order valence-electron chi connectivity index (χ0n) is 14.6. The minimum atomic E-state index is -4.46. The second-order valence-electron chi connectivity index (χ2n) is 6.05. The van der Waals surface area contributed by atoms with Gasteiger partial charge in [-0.15, -0.1) is 11.3 Å². The zero-order chi connectivity index (χ0) is 19.4. The first-order chi connectivity index (χ1) is 12.8. The van der Waals surface area contributed by atoms with Gasteiger partial charge in [0.2, 0.25) is 0 Å². The zero-order valence-corrected chi connectivity index (χ0v) is 15.4. The van der Waals surface area contributed by atoms with Gasteiger partial charge in [0.25, 0.3) is 5.91 Å². The molecule has 3 aromatic rings. The van der Waals surface area contributed by atoms with E-state index in [9.17, 15) is 18.0 Å². The lowest BCUT2D eigenvalue weighted by Crippen LogP contribution is -2.23. The molecule has 0 saturated heterocycles. The van der Waals surface area contributed by atoms with Crippen LogP contribution in [0.5, 0.6) is 0 Å². The summed E-state index contributed by atoms with van der Waals surface area (Å²) in [6.07, 6.45) is -2.79. The number of nitrogens with zero attached hydrogens (tertiary/aromatic N) is 2. The van der Waals surface area contributed by atoms with Crippen molar-refractivity contribution in [2.45, 2.75) is 19.0 Å². The second kappa shape index (κ2) is 7.96. The largest absolute Gasteiger partial charge is 0.433 e. The van der Waals surface area contributed by atoms with Crippen molar-refractivity contribution in [2.75, 3.05) is 6.54 Å². The van der Waals surface area contributed by atoms with Gasteiger partial charge in [-0.05, 0) is 36.6 Å². The molecule has 142 valence electrons. The third-order valence-corrected chi connectivity index (χ3v) is 5.13. The van der Waals surface area contributed by atoms with Crippen molar-refractivity contribution in [3.8, 4) is 10.6 Å². The van der Waals surface area contributed by atoms with Crippen molar-refractivity contribution in [1.29, 1.82) is 0 Å². The molecule has 0 saturated carbocycles. The molecule has 0 atom stereocenters. The maximum Gasteiger partial charge on any atom is 0.433 e. The van der Waals surface area contributed by atoms with Gasteiger partial charge < -0.3 is 5.32 Å². The molecule has 0 aliphatic carbocycles. The van der Waals surface area contributed by atoms with Gasteiger partial charge in [0.1, 0.15) is 11.4 Å². The number of carbonyl (C=O) groups excluding carboxylic acids is 1. The molecular formula is C19H18F3N3OS. The van der Waals surface area contributed by atoms with Crippen molar-refractivity contribution in [1.82, 2.24) is 15.1 Å². The third kappa shape index (κ3) is 4.77. The van der Waals surface area contributed by atoms with Gasteiger partial charge >= 0.3 is 6.18 Å². The monoisotopic (exact) mass is 393 g/mol. The number of alkyl halides is 3. The standard InChI is InChI=1S/C19H18F3N3OS/c1-25-17(19(20,21)22)12-14(24-25)15-9-10-16(27-15)18(26)23-11-5-8-13-6-3-2-4-7-13/h2-4,6-7,9-10,12H,5,8,11H2,1H3,(H,23,26). The number of hydrogen-bond donors (Lipinski definition) is 1. The van der Waals surface area contributed by atoms with Crippen molar-refractivity contribution < 1.29 is 18.0 Å². The first kappa shape index (κ1) is 19.2. The highest BCUT2D eigenvalue weighted by molar-refractivity contribution is 7.17. The van der Waals surface area contributed by atoms with E-state index in [-0.39, 0.29) is 11.6 Å². The van der Waals surface area contributed by atoms with E-state index in [0.717, 1.165) is 34.9 Å². The molecule has 2 heterocycles. The van der Waals surface area contributed by atoms with Crippen LogP contribution in [0.3, 0.4) is 0 Å². The number of benzene rings is 1. The molecule has 1 aromatic carbocycles. The minimum Gasteiger partial charge on any atom is -0.351 e. The summed E-state index contributed by atoms with van der Waals surface area (Å²) in [6, 6.07) is 14.2. The van der Waals surface area contributed by atoms with Crippen LogP contribution in [-0.2, 0) is 19.6 Å². The van der Waals surface area contributed by atoms with Crippen molar-refractivity contribution in [3.05, 3.63) is 64.7 Å². The highest BCUT2D eigenvalue weighted by atomic mass is 32.1. The molecule has 0 unspecified atom stereocenters. The Bertz CT molecular complexity index is 916. The predicted octanol–water partition coefficient (Wildman–Crippen LogP) is 4.53. The Morgan fingerprint density at radius 1 is 1.19 bits per heavy atom. The molecule has 8 heteroatoms. The number of amides is 1. The molecule has 2 aromatic heterocycles. The molecule has 0 fully saturated rings. The van der Waals surface area contributed by atoms with Crippen molar-refractivity contribution in [3.63, 3.8) is 0 Å². The van der Waals surface area contributed by atoms with E-state index in [0.29, 0.717) is 16.3 Å². The Balaban J connectivity index is 1.58. The molecule has 1 amide bonds. The van der Waals surface area contributed by atoms with E-state index in [2.05, 4.69) is 10.4 Å². The van der Waals surface area contributed by atoms with E-state index < -0.39 is 11.9 Å². The number of carbonyl (C=O) groups is 1. The summed E-state index contributed by atoms with van der Waals surface area (Å²) in [5, 5.41) is 6.75. The first-order valence-corrected chi connectivity index (χ1v) is 9.20. The molecule has 0 radical (unpaired) electrons. The van der Waals surface area contributed by atoms with Crippen LogP contribution < -0.4 is 5.32 Å². The van der Waals surface area contributed by atoms with Crippen LogP contribution in [0.25, 0.3) is 10.6 Å². The average Bonchev–Trinajstić information content (AvgIpc) is 3.26. The quantitative estimate of drug-likeness (QED) is 0.626. The molecule has 4 nitrogen and oxygen atoms in total. The number of thiophene rings is 1. The summed E-state index contributed by atoms with van der Waals surface area (Å²) in [5.74, 6) is -0.230. The molecule has 0 aliphatic rings. The van der Waals surface area contributed by atoms with E-state index in [1.807, 2.05) is 30.3 Å². The number of aromatic nitrogens is 2. The SMILES string of the molecule is Cn1nc(-c2ccc(C(=O)NCCCc3ccccc3)s2)cc1C(F)(F)F. The number of rotatable bonds is 6. The predicted molar refractivity (Wildman–Crippen MR) is 98.6 cm³/mol. The third-order valence-electron chi connectivity index (χ3n) is 4.02. The minimum absolute atomic E-state index is 0.206. The molecule has 0 bridgehead atoms. The van der Waals surface area contributed by atoms with Crippen LogP contribution in [0, 0.1) is 0 Å². The summed E-state index contributed by atoms with van der Waals surface area (Å²) >= 11 is 1.13. The normalized spacial score (nSPS) is 11.6. The highest BCUT2D eigenvalue weighted by Gasteiger charge is 2.35. The Morgan fingerprint density at radius 3 is 2.59 bits per heavy atom. The lowest BCUT2D eigenvalue weighted by molar-refractivity contribution is -0.143. The Morgan fingerprint density at radius 2 is 1.93 bits per heavy atom. The van der Waals surface area contributed by atoms with E-state index in [1.54, 1.807) is 12.1 Å². The van der Waals surface area contributed by atoms with Crippen LogP contribution in [0.15, 0.2) is 48.5 Å². The average molecular weight is 393 g/mol. The fourth-order valence-electron chi connectivity index (χ4n) is 2.68. The second-order valence-corrected chi connectivity index (χ2v) is 7.13. The van der Waals surface area contributed by atoms with Crippen LogP contribution in [0.2, 0.25) is 0 Å². The topological polar surface area (TPSA) is 46.9 Å². The molecule has 0 spiro atoms. The summed E-state index contributed by atoms with van der Waals surface area (Å²) in [4.78, 5) is 13.2. The Kier molecular flexibility index (Phi) is 5.65. The van der Waals surface area contributed by atoms with E-state index >= 15 is 0 Å². The van der Waals surface area contributed by atoms with Gasteiger partial charge in [0.05, 0.1) is 9.75 Å². The maximum absolute atomic E-state index is 12.9. The van der Waals surface area contributed by atoms with Crippen LogP contribution in [0.4, 0.5) is 13.2 Å². The molecule has 3 rings (SSSR count). The van der Waals surface area contributed by atoms with Gasteiger partial charge in [-0.2, -0.15) is 18.3 Å². The van der Waals surface area contributed by atoms with Gasteiger partial charge in [-0.3, -0.25) is 9.48 Å². The number of aryl methyl sites for hydroxylation is 2. The van der Waals surface area contributed by atoms with Gasteiger partial charge in [0.15, 0.2) is 0 Å². The van der Waals surface area contributed by atoms with Gasteiger partial charge in [0, 0.05) is 13.6 Å². The van der Waals surface area contributed by atoms with Crippen LogP contribution in [-0.4, -0.2) is 22.2 Å². The lowest BCUT2D eigenvalue weighted by Gasteiger charge is -2.04. The van der Waals surface area contributed by atoms with Crippen molar-refractivity contribution in [2.24, 2.45) is 7.05 Å². The maximum atomic E-state index is 12.9. The highest BCUT2D eigenvalue weighted by Crippen LogP contribution is 2.34. The molecule has 0 aliphatic heterocycles. The fraction of sp³-hybridized carbons (Fsp3) is 0.263. The fourth-order valence-corrected chi connectivity index (χ4v) is 3.56. The summed E-state index contributed by atoms with van der Waals surface area (Å²) < 4.78 is 39.5. The Labute approximate surface area is 158 Å². The number of halogens is 3. The summed E-state index contributed by atoms with van der Waals surface area (Å²) in [5.41, 5.74) is 0.594. The first-order valence-electron chi connectivity index (χ1n) is 8.38. The molecule has 1 N–H and O–H groups in total. The molecule has 27 heavy (non-hydrogen) atoms. The lowest BCUT2D eigenvalue weighted by atomic mass is 10.1. The smallest absolute Gasteiger partial charge is 0.351 e. The van der Waals surface area contributed by atoms with Crippen LogP contribution >= 0.6 is 11.3 Å². The van der Waals surface area contributed by atoms with Gasteiger partial charge in [-0.25, -0.2) is 0 Å². The van der Waals surface area contributed by atoms with Crippen molar-refractivity contribution >= 4 is 17.2 Å². The van der Waals surface area contributed by atoms with E-state index in [4.69, 9.17) is 0 Å². The Hall–Kier alpha value is -2.61. The van der Waals surface area contributed by atoms with Crippen LogP contribution in [0.1, 0.15) is 27.3 Å². The summed E-state index contributed by atoms with van der Waals surface area (Å²) in [7, 11) is 1.25. The van der Waals surface area contributed by atoms with Gasteiger partial charge in [-0.1, -0.05) is 30.3 Å². The summed E-state index contributed by atoms with van der Waals surface area (Å²) in [6.45, 7) is 0.531.